The smallest absolute Gasteiger partial charge is 0.244 e. The van der Waals surface area contributed by atoms with E-state index in [0.29, 0.717) is 30.3 Å². The first-order valence-corrected chi connectivity index (χ1v) is 13.3. The SMILES string of the molecule is CCc1ccccc1NC(=O)CN1C(=O)C(C)(C)c2cc(S(=O)(=O)N3CCC[C@@H](C)C3)ccc21. The minimum Gasteiger partial charge on any atom is -0.324 e. The Kier molecular flexibility index (Phi) is 6.57. The lowest BCUT2D eigenvalue weighted by Crippen LogP contribution is -2.40. The molecule has 2 heterocycles. The Hall–Kier alpha value is -2.71. The average Bonchev–Trinajstić information content (AvgIpc) is 2.99. The molecule has 2 aliphatic heterocycles. The van der Waals surface area contributed by atoms with E-state index in [1.165, 1.54) is 4.90 Å². The molecule has 0 radical (unpaired) electrons. The summed E-state index contributed by atoms with van der Waals surface area (Å²) in [5.41, 5.74) is 2.03. The Balaban J connectivity index is 1.60. The van der Waals surface area contributed by atoms with Gasteiger partial charge in [-0.05, 0) is 74.4 Å². The van der Waals surface area contributed by atoms with E-state index >= 15 is 0 Å². The van der Waals surface area contributed by atoms with Gasteiger partial charge in [-0.3, -0.25) is 9.59 Å². The second kappa shape index (κ2) is 9.15. The third kappa shape index (κ3) is 4.36. The van der Waals surface area contributed by atoms with Crippen molar-refractivity contribution in [1.82, 2.24) is 4.31 Å². The number of anilines is 2. The maximum atomic E-state index is 13.3. The van der Waals surface area contributed by atoms with Crippen molar-refractivity contribution in [3.05, 3.63) is 53.6 Å². The minimum atomic E-state index is -3.65. The maximum absolute atomic E-state index is 13.3. The zero-order chi connectivity index (χ0) is 24.7. The lowest BCUT2D eigenvalue weighted by atomic mass is 9.86. The summed E-state index contributed by atoms with van der Waals surface area (Å²) in [5, 5.41) is 2.91. The molecule has 4 rings (SSSR count). The largest absolute Gasteiger partial charge is 0.324 e. The van der Waals surface area contributed by atoms with E-state index in [2.05, 4.69) is 12.2 Å². The Labute approximate surface area is 202 Å². The van der Waals surface area contributed by atoms with Crippen molar-refractivity contribution in [3.8, 4) is 0 Å². The number of nitrogens with one attached hydrogen (secondary N) is 1. The highest BCUT2D eigenvalue weighted by Crippen LogP contribution is 2.43. The number of aryl methyl sites for hydroxylation is 1. The first kappa shape index (κ1) is 24.4. The van der Waals surface area contributed by atoms with Crippen LogP contribution in [-0.4, -0.2) is 44.2 Å². The first-order valence-electron chi connectivity index (χ1n) is 11.9. The second-order valence-electron chi connectivity index (χ2n) is 9.86. The molecule has 0 aromatic heterocycles. The predicted molar refractivity (Wildman–Crippen MR) is 133 cm³/mol. The van der Waals surface area contributed by atoms with E-state index in [-0.39, 0.29) is 23.3 Å². The molecule has 0 unspecified atom stereocenters. The van der Waals surface area contributed by atoms with Gasteiger partial charge < -0.3 is 10.2 Å². The van der Waals surface area contributed by atoms with Gasteiger partial charge in [0.15, 0.2) is 0 Å². The van der Waals surface area contributed by atoms with Gasteiger partial charge in [0.25, 0.3) is 0 Å². The molecule has 2 aromatic carbocycles. The van der Waals surface area contributed by atoms with Gasteiger partial charge in [0.1, 0.15) is 6.54 Å². The van der Waals surface area contributed by atoms with Crippen molar-refractivity contribution in [3.63, 3.8) is 0 Å². The number of benzene rings is 2. The highest BCUT2D eigenvalue weighted by molar-refractivity contribution is 7.89. The molecule has 0 saturated carbocycles. The zero-order valence-electron chi connectivity index (χ0n) is 20.3. The van der Waals surface area contributed by atoms with Gasteiger partial charge in [0, 0.05) is 24.5 Å². The molecule has 1 saturated heterocycles. The second-order valence-corrected chi connectivity index (χ2v) is 11.8. The lowest BCUT2D eigenvalue weighted by molar-refractivity contribution is -0.124. The van der Waals surface area contributed by atoms with E-state index in [0.717, 1.165) is 30.5 Å². The zero-order valence-corrected chi connectivity index (χ0v) is 21.1. The molecule has 1 atom stereocenters. The van der Waals surface area contributed by atoms with E-state index < -0.39 is 15.4 Å². The summed E-state index contributed by atoms with van der Waals surface area (Å²) in [4.78, 5) is 27.8. The fourth-order valence-corrected chi connectivity index (χ4v) is 6.55. The number of para-hydroxylation sites is 1. The predicted octanol–water partition coefficient (Wildman–Crippen LogP) is 3.93. The minimum absolute atomic E-state index is 0.136. The van der Waals surface area contributed by atoms with Gasteiger partial charge in [-0.25, -0.2) is 8.42 Å². The van der Waals surface area contributed by atoms with Gasteiger partial charge in [-0.15, -0.1) is 0 Å². The van der Waals surface area contributed by atoms with E-state index in [1.807, 2.05) is 31.2 Å². The van der Waals surface area contributed by atoms with Crippen LogP contribution in [0.1, 0.15) is 51.7 Å². The summed E-state index contributed by atoms with van der Waals surface area (Å²) in [5.74, 6) is -0.192. The monoisotopic (exact) mass is 483 g/mol. The Morgan fingerprint density at radius 1 is 1.18 bits per heavy atom. The van der Waals surface area contributed by atoms with E-state index in [4.69, 9.17) is 0 Å². The number of sulfonamides is 1. The molecule has 1 fully saturated rings. The van der Waals surface area contributed by atoms with Crippen LogP contribution < -0.4 is 10.2 Å². The maximum Gasteiger partial charge on any atom is 0.244 e. The summed E-state index contributed by atoms with van der Waals surface area (Å²) in [6, 6.07) is 12.4. The van der Waals surface area contributed by atoms with Crippen LogP contribution in [0.15, 0.2) is 47.4 Å². The van der Waals surface area contributed by atoms with Gasteiger partial charge in [0.2, 0.25) is 21.8 Å². The van der Waals surface area contributed by atoms with Crippen LogP contribution in [0.2, 0.25) is 0 Å². The Morgan fingerprint density at radius 2 is 1.91 bits per heavy atom. The third-order valence-electron chi connectivity index (χ3n) is 6.94. The number of rotatable bonds is 6. The van der Waals surface area contributed by atoms with Crippen LogP contribution in [0, 0.1) is 5.92 Å². The highest BCUT2D eigenvalue weighted by atomic mass is 32.2. The van der Waals surface area contributed by atoms with Crippen molar-refractivity contribution in [2.24, 2.45) is 5.92 Å². The van der Waals surface area contributed by atoms with Crippen LogP contribution >= 0.6 is 0 Å². The molecule has 2 aliphatic rings. The number of piperidine rings is 1. The summed E-state index contributed by atoms with van der Waals surface area (Å²) >= 11 is 0. The quantitative estimate of drug-likeness (QED) is 0.674. The van der Waals surface area contributed by atoms with E-state index in [1.54, 1.807) is 36.4 Å². The number of hydrogen-bond donors (Lipinski definition) is 1. The van der Waals surface area contributed by atoms with Gasteiger partial charge in [-0.2, -0.15) is 4.31 Å². The molecule has 0 bridgehead atoms. The molecule has 2 amide bonds. The van der Waals surface area contributed by atoms with Crippen LogP contribution in [0.5, 0.6) is 0 Å². The summed E-state index contributed by atoms with van der Waals surface area (Å²) in [7, 11) is -3.65. The molecule has 2 aromatic rings. The first-order chi connectivity index (χ1) is 16.1. The molecule has 1 N–H and O–H groups in total. The van der Waals surface area contributed by atoms with Crippen molar-refractivity contribution in [1.29, 1.82) is 0 Å². The van der Waals surface area contributed by atoms with Crippen molar-refractivity contribution < 1.29 is 18.0 Å². The molecular weight excluding hydrogens is 450 g/mol. The molecule has 0 aliphatic carbocycles. The van der Waals surface area contributed by atoms with Crippen molar-refractivity contribution >= 4 is 33.2 Å². The van der Waals surface area contributed by atoms with Gasteiger partial charge in [-0.1, -0.05) is 32.0 Å². The number of fused-ring (bicyclic) bond motifs is 1. The molecule has 182 valence electrons. The third-order valence-corrected chi connectivity index (χ3v) is 8.80. The number of hydrogen-bond acceptors (Lipinski definition) is 4. The van der Waals surface area contributed by atoms with Gasteiger partial charge >= 0.3 is 0 Å². The number of carbonyl (C=O) groups excluding carboxylic acids is 2. The standard InChI is InChI=1S/C26H33N3O4S/c1-5-19-10-6-7-11-22(19)27-24(30)17-29-23-13-12-20(15-21(23)26(3,4)25(29)31)34(32,33)28-14-8-9-18(2)16-28/h6-7,10-13,15,18H,5,8-9,14,16-17H2,1-4H3,(H,27,30)/t18-/m1/s1. The molecular formula is C26H33N3O4S. The topological polar surface area (TPSA) is 86.8 Å². The van der Waals surface area contributed by atoms with E-state index in [9.17, 15) is 18.0 Å². The van der Waals surface area contributed by atoms with Crippen LogP contribution in [0.25, 0.3) is 0 Å². The van der Waals surface area contributed by atoms with Crippen molar-refractivity contribution in [2.45, 2.75) is 57.3 Å². The summed E-state index contributed by atoms with van der Waals surface area (Å²) in [6.45, 7) is 8.52. The molecule has 8 heteroatoms. The number of nitrogens with zero attached hydrogens (tertiary/aromatic N) is 2. The average molecular weight is 484 g/mol. The lowest BCUT2D eigenvalue weighted by Gasteiger charge is -2.30. The fourth-order valence-electron chi connectivity index (χ4n) is 4.93. The van der Waals surface area contributed by atoms with Crippen LogP contribution in [0.4, 0.5) is 11.4 Å². The molecule has 0 spiro atoms. The number of carbonyl (C=O) groups is 2. The highest BCUT2D eigenvalue weighted by Gasteiger charge is 2.45. The fraction of sp³-hybridized carbons (Fsp3) is 0.462. The molecule has 34 heavy (non-hydrogen) atoms. The van der Waals surface area contributed by atoms with Crippen molar-refractivity contribution in [2.75, 3.05) is 29.9 Å². The summed E-state index contributed by atoms with van der Waals surface area (Å²) < 4.78 is 28.2. The van der Waals surface area contributed by atoms with Crippen LogP contribution in [0.3, 0.4) is 0 Å². The number of amides is 2. The Morgan fingerprint density at radius 3 is 2.62 bits per heavy atom. The normalized spacial score (nSPS) is 20.3. The Bertz CT molecular complexity index is 1220. The molecule has 7 nitrogen and oxygen atoms in total. The van der Waals surface area contributed by atoms with Crippen LogP contribution in [-0.2, 0) is 31.4 Å². The van der Waals surface area contributed by atoms with Gasteiger partial charge in [0.05, 0.1) is 10.3 Å². The summed E-state index contributed by atoms with van der Waals surface area (Å²) in [6.07, 6.45) is 2.65.